The third-order valence-corrected chi connectivity index (χ3v) is 5.90. The molecule has 0 bridgehead atoms. The van der Waals surface area contributed by atoms with Crippen LogP contribution < -0.4 is 10.6 Å². The highest BCUT2D eigenvalue weighted by atomic mass is 32.1. The highest BCUT2D eigenvalue weighted by Gasteiger charge is 2.12. The molecule has 2 amide bonds. The number of carbonyl (C=O) groups is 2. The van der Waals surface area contributed by atoms with E-state index >= 15 is 0 Å². The van der Waals surface area contributed by atoms with Gasteiger partial charge in [-0.3, -0.25) is 9.59 Å². The minimum atomic E-state index is -0.0822. The summed E-state index contributed by atoms with van der Waals surface area (Å²) in [5, 5.41) is 6.56. The van der Waals surface area contributed by atoms with Crippen LogP contribution in [0.2, 0.25) is 0 Å². The molecule has 3 rings (SSSR count). The first-order chi connectivity index (χ1) is 14.4. The van der Waals surface area contributed by atoms with Crippen molar-refractivity contribution >= 4 is 38.5 Å². The molecule has 0 saturated carbocycles. The maximum absolute atomic E-state index is 12.3. The Balaban J connectivity index is 1.48. The van der Waals surface area contributed by atoms with E-state index < -0.39 is 0 Å². The highest BCUT2D eigenvalue weighted by Crippen LogP contribution is 2.27. The van der Waals surface area contributed by atoms with Crippen molar-refractivity contribution in [3.8, 4) is 0 Å². The number of benzene rings is 2. The number of amides is 2. The van der Waals surface area contributed by atoms with Gasteiger partial charge in [0.25, 0.3) is 0 Å². The van der Waals surface area contributed by atoms with Crippen LogP contribution in [0.3, 0.4) is 0 Å². The molecule has 0 saturated heterocycles. The van der Waals surface area contributed by atoms with Gasteiger partial charge in [-0.1, -0.05) is 61.6 Å². The van der Waals surface area contributed by atoms with Crippen molar-refractivity contribution in [2.45, 2.75) is 52.5 Å². The Bertz CT molecular complexity index is 998. The number of rotatable bonds is 9. The first-order valence-electron chi connectivity index (χ1n) is 10.4. The third-order valence-electron chi connectivity index (χ3n) is 4.96. The molecule has 1 atom stereocenters. The first kappa shape index (κ1) is 22.0. The highest BCUT2D eigenvalue weighted by molar-refractivity contribution is 7.22. The topological polar surface area (TPSA) is 71.1 Å². The second-order valence-corrected chi connectivity index (χ2v) is 8.99. The van der Waals surface area contributed by atoms with Crippen molar-refractivity contribution in [2.24, 2.45) is 5.92 Å². The summed E-state index contributed by atoms with van der Waals surface area (Å²) in [5.41, 5.74) is 3.25. The van der Waals surface area contributed by atoms with Crippen molar-refractivity contribution in [3.63, 3.8) is 0 Å². The second kappa shape index (κ2) is 10.3. The van der Waals surface area contributed by atoms with Crippen molar-refractivity contribution in [1.29, 1.82) is 0 Å². The van der Waals surface area contributed by atoms with Crippen LogP contribution in [0.15, 0.2) is 48.5 Å². The Morgan fingerprint density at radius 1 is 1.00 bits per heavy atom. The van der Waals surface area contributed by atoms with Gasteiger partial charge in [0, 0.05) is 18.4 Å². The van der Waals surface area contributed by atoms with Crippen LogP contribution in [0.5, 0.6) is 0 Å². The van der Waals surface area contributed by atoms with E-state index in [0.717, 1.165) is 28.6 Å². The molecule has 0 unspecified atom stereocenters. The normalized spacial score (nSPS) is 12.1. The standard InChI is InChI=1S/C24H29N3O2S/c1-16(2)23(29)27-24-26-20-13-11-19(15-21(20)30-24)12-14-22(28)25-17(3)9-10-18-7-5-4-6-8-18/h4-8,11,13,15-17H,9-10,12,14H2,1-3H3,(H,25,28)(H,26,27,29)/t17-/m1/s1. The van der Waals surface area contributed by atoms with Crippen LogP contribution in [-0.2, 0) is 22.4 Å². The molecule has 0 aliphatic rings. The van der Waals surface area contributed by atoms with Gasteiger partial charge in [-0.05, 0) is 49.4 Å². The molecule has 30 heavy (non-hydrogen) atoms. The molecule has 5 nitrogen and oxygen atoms in total. The molecule has 0 aliphatic carbocycles. The molecule has 3 aromatic rings. The summed E-state index contributed by atoms with van der Waals surface area (Å²) in [6, 6.07) is 16.5. The van der Waals surface area contributed by atoms with E-state index in [0.29, 0.717) is 18.0 Å². The number of nitrogens with one attached hydrogen (secondary N) is 2. The lowest BCUT2D eigenvalue weighted by Crippen LogP contribution is -2.33. The van der Waals surface area contributed by atoms with Crippen LogP contribution in [0.25, 0.3) is 10.2 Å². The Labute approximate surface area is 181 Å². The van der Waals surface area contributed by atoms with E-state index in [2.05, 4.69) is 40.7 Å². The van der Waals surface area contributed by atoms with Crippen LogP contribution in [-0.4, -0.2) is 22.8 Å². The third kappa shape index (κ3) is 6.39. The monoisotopic (exact) mass is 423 g/mol. The summed E-state index contributed by atoms with van der Waals surface area (Å²) < 4.78 is 1.02. The van der Waals surface area contributed by atoms with Gasteiger partial charge in [0.15, 0.2) is 5.13 Å². The number of hydrogen-bond acceptors (Lipinski definition) is 4. The first-order valence-corrected chi connectivity index (χ1v) is 11.3. The molecule has 1 aromatic heterocycles. The van der Waals surface area contributed by atoms with Crippen molar-refractivity contribution in [2.75, 3.05) is 5.32 Å². The predicted molar refractivity (Wildman–Crippen MR) is 124 cm³/mol. The lowest BCUT2D eigenvalue weighted by Gasteiger charge is -2.14. The number of nitrogens with zero attached hydrogens (tertiary/aromatic N) is 1. The van der Waals surface area contributed by atoms with Crippen LogP contribution in [0, 0.1) is 5.92 Å². The molecule has 2 aromatic carbocycles. The van der Waals surface area contributed by atoms with Gasteiger partial charge in [-0.15, -0.1) is 0 Å². The van der Waals surface area contributed by atoms with Gasteiger partial charge < -0.3 is 10.6 Å². The molecule has 0 aliphatic heterocycles. The Morgan fingerprint density at radius 2 is 1.77 bits per heavy atom. The summed E-state index contributed by atoms with van der Waals surface area (Å²) >= 11 is 1.46. The zero-order chi connectivity index (χ0) is 21.5. The van der Waals surface area contributed by atoms with Gasteiger partial charge in [0.2, 0.25) is 11.8 Å². The number of aryl methyl sites for hydroxylation is 2. The van der Waals surface area contributed by atoms with E-state index in [1.165, 1.54) is 16.9 Å². The maximum atomic E-state index is 12.3. The average Bonchev–Trinajstić information content (AvgIpc) is 3.13. The Hall–Kier alpha value is -2.73. The van der Waals surface area contributed by atoms with Gasteiger partial charge >= 0.3 is 0 Å². The largest absolute Gasteiger partial charge is 0.354 e. The number of carbonyl (C=O) groups excluding carboxylic acids is 2. The van der Waals surface area contributed by atoms with Crippen LogP contribution in [0.4, 0.5) is 5.13 Å². The zero-order valence-corrected chi connectivity index (χ0v) is 18.6. The molecule has 6 heteroatoms. The zero-order valence-electron chi connectivity index (χ0n) is 17.8. The minimum Gasteiger partial charge on any atom is -0.354 e. The molecule has 2 N–H and O–H groups in total. The molecular weight excluding hydrogens is 394 g/mol. The molecule has 158 valence electrons. The Kier molecular flexibility index (Phi) is 7.57. The van der Waals surface area contributed by atoms with Crippen molar-refractivity contribution < 1.29 is 9.59 Å². The molecule has 0 fully saturated rings. The number of aromatic nitrogens is 1. The van der Waals surface area contributed by atoms with Gasteiger partial charge in [0.1, 0.15) is 0 Å². The van der Waals surface area contributed by atoms with Gasteiger partial charge in [-0.2, -0.15) is 0 Å². The average molecular weight is 424 g/mol. The predicted octanol–water partition coefficient (Wildman–Crippen LogP) is 4.96. The quantitative estimate of drug-likeness (QED) is 0.511. The maximum Gasteiger partial charge on any atom is 0.228 e. The van der Waals surface area contributed by atoms with Gasteiger partial charge in [-0.25, -0.2) is 4.98 Å². The van der Waals surface area contributed by atoms with Crippen molar-refractivity contribution in [3.05, 3.63) is 59.7 Å². The van der Waals surface area contributed by atoms with E-state index in [1.54, 1.807) is 0 Å². The molecular formula is C24H29N3O2S. The smallest absolute Gasteiger partial charge is 0.228 e. The molecule has 0 spiro atoms. The van der Waals surface area contributed by atoms with E-state index in [4.69, 9.17) is 0 Å². The molecule has 1 heterocycles. The summed E-state index contributed by atoms with van der Waals surface area (Å²) in [7, 11) is 0. The number of fused-ring (bicyclic) bond motifs is 1. The Morgan fingerprint density at radius 3 is 2.50 bits per heavy atom. The molecule has 0 radical (unpaired) electrons. The summed E-state index contributed by atoms with van der Waals surface area (Å²) in [5.74, 6) is -0.0432. The number of anilines is 1. The fourth-order valence-electron chi connectivity index (χ4n) is 3.13. The lowest BCUT2D eigenvalue weighted by molar-refractivity contribution is -0.121. The van der Waals surface area contributed by atoms with Gasteiger partial charge in [0.05, 0.1) is 10.2 Å². The van der Waals surface area contributed by atoms with Crippen molar-refractivity contribution in [1.82, 2.24) is 10.3 Å². The summed E-state index contributed by atoms with van der Waals surface area (Å²) in [4.78, 5) is 28.6. The summed E-state index contributed by atoms with van der Waals surface area (Å²) in [6.07, 6.45) is 3.02. The SMILES string of the molecule is CC(C)C(=O)Nc1nc2ccc(CCC(=O)N[C@H](C)CCc3ccccc3)cc2s1. The minimum absolute atomic E-state index is 0.0349. The second-order valence-electron chi connectivity index (χ2n) is 7.96. The van der Waals surface area contributed by atoms with E-state index in [1.807, 2.05) is 44.2 Å². The van der Waals surface area contributed by atoms with Crippen LogP contribution in [0.1, 0.15) is 44.7 Å². The van der Waals surface area contributed by atoms with E-state index in [-0.39, 0.29) is 23.8 Å². The van der Waals surface area contributed by atoms with E-state index in [9.17, 15) is 9.59 Å². The van der Waals surface area contributed by atoms with Crippen LogP contribution >= 0.6 is 11.3 Å². The fraction of sp³-hybridized carbons (Fsp3) is 0.375. The number of thiazole rings is 1. The summed E-state index contributed by atoms with van der Waals surface area (Å²) in [6.45, 7) is 5.76. The number of hydrogen-bond donors (Lipinski definition) is 2. The lowest BCUT2D eigenvalue weighted by atomic mass is 10.1. The fourth-order valence-corrected chi connectivity index (χ4v) is 4.07.